The molecule has 6 heteroatoms. The number of hydrogen-bond donors (Lipinski definition) is 0. The largest absolute Gasteiger partial charge is 0.490 e. The van der Waals surface area contributed by atoms with Crippen molar-refractivity contribution in [2.45, 2.75) is 43.0 Å². The Morgan fingerprint density at radius 2 is 2.10 bits per heavy atom. The molecule has 2 fully saturated rings. The second-order valence-electron chi connectivity index (χ2n) is 5.84. The fourth-order valence-corrected chi connectivity index (χ4v) is 4.67. The number of hydrogen-bond acceptors (Lipinski definition) is 4. The number of benzene rings is 1. The van der Waals surface area contributed by atoms with E-state index < -0.39 is 4.92 Å². The van der Waals surface area contributed by atoms with Crippen molar-refractivity contribution in [1.82, 2.24) is 0 Å². The van der Waals surface area contributed by atoms with E-state index in [0.717, 1.165) is 6.42 Å². The highest BCUT2D eigenvalue weighted by atomic mass is 79.9. The van der Waals surface area contributed by atoms with Gasteiger partial charge >= 0.3 is 5.69 Å². The van der Waals surface area contributed by atoms with E-state index in [1.807, 2.05) is 0 Å². The van der Waals surface area contributed by atoms with Gasteiger partial charge in [-0.1, -0.05) is 28.8 Å². The quantitative estimate of drug-likeness (QED) is 0.463. The number of alkyl halides is 1. The van der Waals surface area contributed by atoms with Crippen molar-refractivity contribution < 1.29 is 14.4 Å². The predicted molar refractivity (Wildman–Crippen MR) is 82.3 cm³/mol. The summed E-state index contributed by atoms with van der Waals surface area (Å²) in [7, 11) is 1.43. The monoisotopic (exact) mass is 355 g/mol. The highest BCUT2D eigenvalue weighted by Gasteiger charge is 2.56. The van der Waals surface area contributed by atoms with Gasteiger partial charge in [0.1, 0.15) is 11.9 Å². The van der Waals surface area contributed by atoms with E-state index in [1.165, 1.54) is 38.9 Å². The molecule has 0 aromatic heterocycles. The van der Waals surface area contributed by atoms with Gasteiger partial charge in [0, 0.05) is 10.2 Å². The lowest BCUT2D eigenvalue weighted by Crippen LogP contribution is -2.55. The summed E-state index contributed by atoms with van der Waals surface area (Å²) in [6.07, 6.45) is 5.93. The van der Waals surface area contributed by atoms with Gasteiger partial charge in [0.2, 0.25) is 0 Å². The molecule has 2 unspecified atom stereocenters. The van der Waals surface area contributed by atoms with Crippen molar-refractivity contribution in [3.63, 3.8) is 0 Å². The highest BCUT2D eigenvalue weighted by molar-refractivity contribution is 9.09. The van der Waals surface area contributed by atoms with Gasteiger partial charge in [0.05, 0.1) is 18.1 Å². The summed E-state index contributed by atoms with van der Waals surface area (Å²) in [5.41, 5.74) is 0.166. The minimum atomic E-state index is -0.439. The van der Waals surface area contributed by atoms with Crippen LogP contribution in [-0.2, 0) is 0 Å². The fraction of sp³-hybridized carbons (Fsp3) is 0.600. The van der Waals surface area contributed by atoms with E-state index >= 15 is 0 Å². The second-order valence-corrected chi connectivity index (χ2v) is 6.95. The Kier molecular flexibility index (Phi) is 3.82. The van der Waals surface area contributed by atoms with Crippen molar-refractivity contribution >= 4 is 21.6 Å². The molecular formula is C15H18BrNO4. The van der Waals surface area contributed by atoms with Crippen LogP contribution in [0.15, 0.2) is 18.2 Å². The molecule has 2 atom stereocenters. The van der Waals surface area contributed by atoms with Crippen molar-refractivity contribution in [2.24, 2.45) is 5.41 Å². The molecule has 3 rings (SSSR count). The minimum absolute atomic E-state index is 0.0508. The minimum Gasteiger partial charge on any atom is -0.490 e. The number of nitro groups is 1. The number of methoxy groups -OCH3 is 1. The lowest BCUT2D eigenvalue weighted by Gasteiger charge is -2.51. The van der Waals surface area contributed by atoms with Crippen molar-refractivity contribution in [1.29, 1.82) is 0 Å². The van der Waals surface area contributed by atoms with Gasteiger partial charge < -0.3 is 9.47 Å². The molecule has 0 radical (unpaired) electrons. The second kappa shape index (κ2) is 5.48. The maximum atomic E-state index is 11.1. The molecule has 0 saturated heterocycles. The first kappa shape index (κ1) is 14.6. The molecule has 1 aromatic carbocycles. The van der Waals surface area contributed by atoms with E-state index in [9.17, 15) is 10.1 Å². The third-order valence-electron chi connectivity index (χ3n) is 4.85. The summed E-state index contributed by atoms with van der Waals surface area (Å²) in [5.74, 6) is 0.813. The zero-order valence-corrected chi connectivity index (χ0v) is 13.5. The van der Waals surface area contributed by atoms with Crippen LogP contribution in [0, 0.1) is 15.5 Å². The van der Waals surface area contributed by atoms with E-state index in [2.05, 4.69) is 15.9 Å². The summed E-state index contributed by atoms with van der Waals surface area (Å²) in [6.45, 7) is 0. The third-order valence-corrected chi connectivity index (χ3v) is 6.13. The van der Waals surface area contributed by atoms with Crippen LogP contribution in [0.25, 0.3) is 0 Å². The first-order valence-corrected chi connectivity index (χ1v) is 8.11. The Bertz CT molecular complexity index is 557. The van der Waals surface area contributed by atoms with Crippen LogP contribution in [0.3, 0.4) is 0 Å². The topological polar surface area (TPSA) is 61.6 Å². The van der Waals surface area contributed by atoms with Crippen LogP contribution in [0.4, 0.5) is 5.69 Å². The summed E-state index contributed by atoms with van der Waals surface area (Å²) < 4.78 is 11.1. The van der Waals surface area contributed by atoms with Crippen molar-refractivity contribution in [2.75, 3.05) is 7.11 Å². The molecule has 0 aliphatic heterocycles. The Hall–Kier alpha value is -1.30. The molecule has 21 heavy (non-hydrogen) atoms. The molecule has 114 valence electrons. The Labute approximate surface area is 131 Å². The van der Waals surface area contributed by atoms with Crippen LogP contribution >= 0.6 is 15.9 Å². The Balaban J connectivity index is 1.79. The normalized spacial score (nSPS) is 26.4. The number of nitro benzene ring substituents is 1. The number of nitrogens with zero attached hydrogens (tertiary/aromatic N) is 1. The van der Waals surface area contributed by atoms with Crippen LogP contribution in [-0.4, -0.2) is 23.0 Å². The van der Waals surface area contributed by atoms with Gasteiger partial charge in [-0.2, -0.15) is 0 Å². The summed E-state index contributed by atoms with van der Waals surface area (Å²) in [6, 6.07) is 4.80. The van der Waals surface area contributed by atoms with E-state index in [-0.39, 0.29) is 23.0 Å². The van der Waals surface area contributed by atoms with Crippen LogP contribution in [0.5, 0.6) is 11.5 Å². The van der Waals surface area contributed by atoms with Crippen LogP contribution < -0.4 is 9.47 Å². The summed E-state index contributed by atoms with van der Waals surface area (Å²) >= 11 is 3.75. The van der Waals surface area contributed by atoms with Crippen molar-refractivity contribution in [3.05, 3.63) is 28.3 Å². The fourth-order valence-electron chi connectivity index (χ4n) is 3.58. The molecule has 1 spiro atoms. The molecule has 0 amide bonds. The smallest absolute Gasteiger partial charge is 0.314 e. The Morgan fingerprint density at radius 1 is 1.38 bits per heavy atom. The molecule has 0 bridgehead atoms. The first-order valence-electron chi connectivity index (χ1n) is 7.20. The molecule has 2 aliphatic carbocycles. The van der Waals surface area contributed by atoms with Crippen LogP contribution in [0.1, 0.15) is 32.1 Å². The lowest BCUT2D eigenvalue weighted by atomic mass is 9.64. The standard InChI is InChI=1S/C15H18BrNO4/c1-20-12-5-4-10(8-11(12)17(18)19)21-14-9-13(16)15(14)6-2-3-7-15/h4-5,8,13-14H,2-3,6-7,9H2,1H3. The summed E-state index contributed by atoms with van der Waals surface area (Å²) in [5, 5.41) is 11.1. The number of halogens is 1. The maximum Gasteiger partial charge on any atom is 0.314 e. The zero-order valence-electron chi connectivity index (χ0n) is 11.9. The van der Waals surface area contributed by atoms with Gasteiger partial charge in [-0.25, -0.2) is 0 Å². The average molecular weight is 356 g/mol. The predicted octanol–water partition coefficient (Wildman–Crippen LogP) is 4.08. The lowest BCUT2D eigenvalue weighted by molar-refractivity contribution is -0.385. The Morgan fingerprint density at radius 3 is 2.67 bits per heavy atom. The molecule has 0 N–H and O–H groups in total. The molecule has 2 aliphatic rings. The van der Waals surface area contributed by atoms with E-state index in [4.69, 9.17) is 9.47 Å². The highest BCUT2D eigenvalue weighted by Crippen LogP contribution is 2.57. The molecule has 0 heterocycles. The van der Waals surface area contributed by atoms with Gasteiger partial charge in [-0.15, -0.1) is 0 Å². The zero-order chi connectivity index (χ0) is 15.0. The van der Waals surface area contributed by atoms with Gasteiger partial charge in [-0.3, -0.25) is 10.1 Å². The van der Waals surface area contributed by atoms with E-state index in [0.29, 0.717) is 10.6 Å². The van der Waals surface area contributed by atoms with Gasteiger partial charge in [-0.05, 0) is 31.4 Å². The third kappa shape index (κ3) is 2.39. The van der Waals surface area contributed by atoms with Crippen molar-refractivity contribution in [3.8, 4) is 11.5 Å². The molecule has 2 saturated carbocycles. The van der Waals surface area contributed by atoms with Gasteiger partial charge in [0.25, 0.3) is 0 Å². The SMILES string of the molecule is COc1ccc(OC2CC(Br)C23CCCC3)cc1[N+](=O)[O-]. The summed E-state index contributed by atoms with van der Waals surface area (Å²) in [4.78, 5) is 11.1. The van der Waals surface area contributed by atoms with Gasteiger partial charge in [0.15, 0.2) is 5.75 Å². The average Bonchev–Trinajstić information content (AvgIpc) is 2.99. The number of ether oxygens (including phenoxy) is 2. The van der Waals surface area contributed by atoms with E-state index in [1.54, 1.807) is 12.1 Å². The molecule has 1 aromatic rings. The first-order chi connectivity index (χ1) is 10.1. The maximum absolute atomic E-state index is 11.1. The molecular weight excluding hydrogens is 338 g/mol. The number of rotatable bonds is 4. The molecule has 5 nitrogen and oxygen atoms in total. The van der Waals surface area contributed by atoms with Crippen LogP contribution in [0.2, 0.25) is 0 Å².